The highest BCUT2D eigenvalue weighted by molar-refractivity contribution is 5.90. The zero-order valence-corrected chi connectivity index (χ0v) is 18.2. The van der Waals surface area contributed by atoms with Gasteiger partial charge in [0, 0.05) is 50.8 Å². The standard InChI is InChI=1S/C22H28N8O/c1-5-10-29-21(31)19-15-24-22(26-20(19)30(29)16(2)23-3)25-17-6-8-18(9-7-17)28-13-11-27(4)12-14-28/h5-9,15H,1,10-14H2,2-4H3,(H,24,25,26). The lowest BCUT2D eigenvalue weighted by Crippen LogP contribution is -2.44. The van der Waals surface area contributed by atoms with Crippen molar-refractivity contribution in [3.05, 3.63) is 53.5 Å². The Balaban J connectivity index is 1.62. The van der Waals surface area contributed by atoms with E-state index >= 15 is 0 Å². The molecular weight excluding hydrogens is 392 g/mol. The van der Waals surface area contributed by atoms with Crippen molar-refractivity contribution in [2.75, 3.05) is 50.5 Å². The number of allylic oxidation sites excluding steroid dienone is 1. The van der Waals surface area contributed by atoms with Crippen molar-refractivity contribution in [3.8, 4) is 0 Å². The highest BCUT2D eigenvalue weighted by Crippen LogP contribution is 2.21. The van der Waals surface area contributed by atoms with Crippen LogP contribution in [0.1, 0.15) is 6.92 Å². The van der Waals surface area contributed by atoms with E-state index in [1.807, 2.05) is 19.1 Å². The summed E-state index contributed by atoms with van der Waals surface area (Å²) in [5, 5.41) is 3.69. The van der Waals surface area contributed by atoms with Gasteiger partial charge in [-0.1, -0.05) is 6.08 Å². The molecule has 3 aromatic rings. The molecule has 0 unspecified atom stereocenters. The topological polar surface area (TPSA) is 83.6 Å². The Morgan fingerprint density at radius 3 is 2.58 bits per heavy atom. The number of nitrogens with one attached hydrogen (secondary N) is 1. The molecule has 1 aliphatic heterocycles. The average Bonchev–Trinajstić information content (AvgIpc) is 3.06. The lowest BCUT2D eigenvalue weighted by molar-refractivity contribution is 0.313. The van der Waals surface area contributed by atoms with Crippen LogP contribution in [0.5, 0.6) is 0 Å². The first-order chi connectivity index (χ1) is 15.0. The van der Waals surface area contributed by atoms with Crippen molar-refractivity contribution in [2.45, 2.75) is 13.5 Å². The first-order valence-corrected chi connectivity index (χ1v) is 10.4. The van der Waals surface area contributed by atoms with Crippen LogP contribution in [0.25, 0.3) is 11.0 Å². The van der Waals surface area contributed by atoms with Gasteiger partial charge < -0.3 is 15.1 Å². The van der Waals surface area contributed by atoms with Crippen molar-refractivity contribution < 1.29 is 0 Å². The van der Waals surface area contributed by atoms with E-state index in [2.05, 4.69) is 55.8 Å². The molecule has 162 valence electrons. The molecule has 0 radical (unpaired) electrons. The highest BCUT2D eigenvalue weighted by atomic mass is 16.1. The SMILES string of the molecule is C=CCn1c(=O)c2cnc(Nc3ccc(N4CCN(C)CC4)cc3)nc2n1C(C)=NC. The zero-order chi connectivity index (χ0) is 22.0. The summed E-state index contributed by atoms with van der Waals surface area (Å²) in [5.74, 6) is 1.09. The smallest absolute Gasteiger partial charge is 0.278 e. The van der Waals surface area contributed by atoms with Crippen LogP contribution in [0.4, 0.5) is 17.3 Å². The summed E-state index contributed by atoms with van der Waals surface area (Å²) in [6, 6.07) is 8.26. The van der Waals surface area contributed by atoms with Crippen molar-refractivity contribution in [1.29, 1.82) is 0 Å². The maximum atomic E-state index is 12.8. The Morgan fingerprint density at radius 2 is 1.94 bits per heavy atom. The van der Waals surface area contributed by atoms with Gasteiger partial charge in [0.25, 0.3) is 5.56 Å². The van der Waals surface area contributed by atoms with E-state index in [-0.39, 0.29) is 5.56 Å². The lowest BCUT2D eigenvalue weighted by atomic mass is 10.2. The minimum Gasteiger partial charge on any atom is -0.369 e. The molecule has 0 bridgehead atoms. The van der Waals surface area contributed by atoms with E-state index in [0.29, 0.717) is 29.4 Å². The molecule has 9 heteroatoms. The summed E-state index contributed by atoms with van der Waals surface area (Å²) in [5.41, 5.74) is 2.44. The molecule has 4 rings (SSSR count). The maximum absolute atomic E-state index is 12.8. The second-order valence-electron chi connectivity index (χ2n) is 7.65. The molecule has 1 fully saturated rings. The van der Waals surface area contributed by atoms with Crippen LogP contribution in [-0.2, 0) is 6.54 Å². The summed E-state index contributed by atoms with van der Waals surface area (Å²) < 4.78 is 3.27. The minimum absolute atomic E-state index is 0.166. The Labute approximate surface area is 181 Å². The lowest BCUT2D eigenvalue weighted by Gasteiger charge is -2.34. The molecule has 1 saturated heterocycles. The van der Waals surface area contributed by atoms with E-state index in [0.717, 1.165) is 31.9 Å². The molecule has 2 aromatic heterocycles. The van der Waals surface area contributed by atoms with Gasteiger partial charge in [0.05, 0.1) is 6.54 Å². The van der Waals surface area contributed by atoms with E-state index in [1.54, 1.807) is 28.7 Å². The molecule has 1 N–H and O–H groups in total. The van der Waals surface area contributed by atoms with Crippen LogP contribution in [0.15, 0.2) is 52.9 Å². The van der Waals surface area contributed by atoms with E-state index in [9.17, 15) is 4.79 Å². The van der Waals surface area contributed by atoms with Gasteiger partial charge in [-0.2, -0.15) is 4.98 Å². The van der Waals surface area contributed by atoms with E-state index < -0.39 is 0 Å². The third-order valence-corrected chi connectivity index (χ3v) is 5.60. The normalized spacial score (nSPS) is 15.5. The summed E-state index contributed by atoms with van der Waals surface area (Å²) in [6.07, 6.45) is 3.23. The Kier molecular flexibility index (Phi) is 5.85. The summed E-state index contributed by atoms with van der Waals surface area (Å²) in [7, 11) is 3.84. The molecule has 1 aliphatic rings. The average molecular weight is 421 g/mol. The number of rotatable bonds is 5. The second kappa shape index (κ2) is 8.73. The van der Waals surface area contributed by atoms with Gasteiger partial charge in [0.2, 0.25) is 5.95 Å². The molecule has 0 atom stereocenters. The van der Waals surface area contributed by atoms with Crippen molar-refractivity contribution in [1.82, 2.24) is 24.2 Å². The zero-order valence-electron chi connectivity index (χ0n) is 18.2. The van der Waals surface area contributed by atoms with Crippen LogP contribution >= 0.6 is 0 Å². The molecule has 0 spiro atoms. The molecule has 0 saturated carbocycles. The Bertz CT molecular complexity index is 1170. The third kappa shape index (κ3) is 4.09. The van der Waals surface area contributed by atoms with Gasteiger partial charge in [-0.05, 0) is 38.2 Å². The van der Waals surface area contributed by atoms with Gasteiger partial charge in [-0.15, -0.1) is 6.58 Å². The third-order valence-electron chi connectivity index (χ3n) is 5.60. The highest BCUT2D eigenvalue weighted by Gasteiger charge is 2.17. The minimum atomic E-state index is -0.166. The van der Waals surface area contributed by atoms with Crippen molar-refractivity contribution >= 4 is 34.2 Å². The van der Waals surface area contributed by atoms with Crippen LogP contribution in [0, 0.1) is 0 Å². The van der Waals surface area contributed by atoms with Crippen LogP contribution in [0.3, 0.4) is 0 Å². The number of aromatic nitrogens is 4. The number of likely N-dealkylation sites (N-methyl/N-ethyl adjacent to an activating group) is 1. The maximum Gasteiger partial charge on any atom is 0.278 e. The number of hydrogen-bond donors (Lipinski definition) is 1. The fourth-order valence-corrected chi connectivity index (χ4v) is 3.75. The molecule has 0 aliphatic carbocycles. The number of anilines is 3. The van der Waals surface area contributed by atoms with Gasteiger partial charge in [0.1, 0.15) is 11.2 Å². The van der Waals surface area contributed by atoms with Gasteiger partial charge in [0.15, 0.2) is 5.65 Å². The Morgan fingerprint density at radius 1 is 1.23 bits per heavy atom. The first-order valence-electron chi connectivity index (χ1n) is 10.4. The molecule has 9 nitrogen and oxygen atoms in total. The number of aliphatic imine (C=N–C) groups is 1. The fourth-order valence-electron chi connectivity index (χ4n) is 3.75. The largest absolute Gasteiger partial charge is 0.369 e. The van der Waals surface area contributed by atoms with Crippen LogP contribution in [-0.4, -0.2) is 70.3 Å². The van der Waals surface area contributed by atoms with Gasteiger partial charge in [-0.3, -0.25) is 9.79 Å². The summed E-state index contributed by atoms with van der Waals surface area (Å²) in [6.45, 7) is 10.1. The molecule has 3 heterocycles. The number of benzene rings is 1. The van der Waals surface area contributed by atoms with Crippen LogP contribution in [0.2, 0.25) is 0 Å². The Hall–Kier alpha value is -3.46. The van der Waals surface area contributed by atoms with Crippen LogP contribution < -0.4 is 15.8 Å². The van der Waals surface area contributed by atoms with Gasteiger partial charge in [-0.25, -0.2) is 14.3 Å². The molecule has 31 heavy (non-hydrogen) atoms. The number of piperazine rings is 1. The summed E-state index contributed by atoms with van der Waals surface area (Å²) >= 11 is 0. The number of nitrogens with zero attached hydrogens (tertiary/aromatic N) is 7. The quantitative estimate of drug-likeness (QED) is 0.387. The monoisotopic (exact) mass is 420 g/mol. The molecule has 1 aromatic carbocycles. The van der Waals surface area contributed by atoms with E-state index in [1.165, 1.54) is 5.69 Å². The van der Waals surface area contributed by atoms with Crippen molar-refractivity contribution in [2.24, 2.45) is 4.99 Å². The molecule has 0 amide bonds. The molecular formula is C22H28N8O. The number of hydrogen-bond acceptors (Lipinski definition) is 7. The summed E-state index contributed by atoms with van der Waals surface area (Å²) in [4.78, 5) is 30.7. The fraction of sp³-hybridized carbons (Fsp3) is 0.364. The number of fused-ring (bicyclic) bond motifs is 1. The van der Waals surface area contributed by atoms with Crippen molar-refractivity contribution in [3.63, 3.8) is 0 Å². The predicted octanol–water partition coefficient (Wildman–Crippen LogP) is 2.17. The predicted molar refractivity (Wildman–Crippen MR) is 126 cm³/mol. The van der Waals surface area contributed by atoms with Gasteiger partial charge >= 0.3 is 0 Å². The first kappa shape index (κ1) is 20.8. The van der Waals surface area contributed by atoms with E-state index in [4.69, 9.17) is 0 Å². The second-order valence-corrected chi connectivity index (χ2v) is 7.65.